The molecule has 2 aromatic rings. The summed E-state index contributed by atoms with van der Waals surface area (Å²) in [5.74, 6) is -2.34. The van der Waals surface area contributed by atoms with Gasteiger partial charge in [-0.15, -0.1) is 0 Å². The monoisotopic (exact) mass is 373 g/mol. The molecule has 1 N–H and O–H groups in total. The number of hydrogen-bond acceptors (Lipinski definition) is 3. The van der Waals surface area contributed by atoms with E-state index in [1.54, 1.807) is 0 Å². The molecule has 1 atom stereocenters. The summed E-state index contributed by atoms with van der Waals surface area (Å²) in [6, 6.07) is 14.0. The molecule has 1 saturated heterocycles. The van der Waals surface area contributed by atoms with Crippen molar-refractivity contribution in [1.29, 1.82) is 0 Å². The smallest absolute Gasteiger partial charge is 0.251 e. The predicted molar refractivity (Wildman–Crippen MR) is 102 cm³/mol. The van der Waals surface area contributed by atoms with Crippen LogP contribution in [0.2, 0.25) is 0 Å². The topological polar surface area (TPSA) is 35.6 Å². The van der Waals surface area contributed by atoms with Gasteiger partial charge in [0.1, 0.15) is 0 Å². The molecule has 0 spiro atoms. The lowest BCUT2D eigenvalue weighted by molar-refractivity contribution is 0.0865. The lowest BCUT2D eigenvalue weighted by atomic mass is 10.0. The molecular weight excluding hydrogens is 348 g/mol. The summed E-state index contributed by atoms with van der Waals surface area (Å²) in [5, 5.41) is 2.78. The summed E-state index contributed by atoms with van der Waals surface area (Å²) in [5.41, 5.74) is 1.44. The lowest BCUT2D eigenvalue weighted by Gasteiger charge is -2.40. The molecule has 1 aliphatic heterocycles. The summed E-state index contributed by atoms with van der Waals surface area (Å²) < 4.78 is 26.2. The first-order valence-electron chi connectivity index (χ1n) is 9.25. The maximum absolute atomic E-state index is 13.2. The summed E-state index contributed by atoms with van der Waals surface area (Å²) in [6.45, 7) is 4.33. The van der Waals surface area contributed by atoms with Crippen molar-refractivity contribution in [3.8, 4) is 0 Å². The van der Waals surface area contributed by atoms with Crippen LogP contribution in [0.3, 0.4) is 0 Å². The molecule has 144 valence electrons. The fraction of sp³-hybridized carbons (Fsp3) is 0.381. The molecule has 1 fully saturated rings. The number of rotatable bonds is 6. The van der Waals surface area contributed by atoms with Crippen LogP contribution >= 0.6 is 0 Å². The number of carbonyl (C=O) groups excluding carboxylic acids is 1. The molecule has 27 heavy (non-hydrogen) atoms. The Bertz CT molecular complexity index is 769. The Hall–Kier alpha value is -2.31. The van der Waals surface area contributed by atoms with Crippen molar-refractivity contribution in [3.63, 3.8) is 0 Å². The van der Waals surface area contributed by atoms with E-state index < -0.39 is 11.6 Å². The highest BCUT2D eigenvalue weighted by molar-refractivity contribution is 5.94. The van der Waals surface area contributed by atoms with E-state index in [1.165, 1.54) is 11.6 Å². The van der Waals surface area contributed by atoms with Crippen molar-refractivity contribution in [1.82, 2.24) is 15.1 Å². The molecule has 3 rings (SSSR count). The molecule has 1 amide bonds. The Balaban J connectivity index is 1.51. The second-order valence-corrected chi connectivity index (χ2v) is 6.96. The van der Waals surface area contributed by atoms with Crippen molar-refractivity contribution < 1.29 is 13.6 Å². The normalized spacial score (nSPS) is 18.4. The number of halogens is 2. The zero-order chi connectivity index (χ0) is 19.2. The van der Waals surface area contributed by atoms with Gasteiger partial charge in [0.2, 0.25) is 0 Å². The van der Waals surface area contributed by atoms with E-state index >= 15 is 0 Å². The van der Waals surface area contributed by atoms with Crippen molar-refractivity contribution in [2.45, 2.75) is 12.5 Å². The third kappa shape index (κ3) is 5.11. The van der Waals surface area contributed by atoms with E-state index in [2.05, 4.69) is 46.4 Å². The standard InChI is InChI=1S/C21H25F2N3O/c1-25-12-13-26(20(15-25)16-6-3-2-4-7-16)11-5-10-24-21(27)17-8-9-18(22)19(23)14-17/h2-4,6-9,14,20H,5,10-13,15H2,1H3,(H,24,27). The van der Waals surface area contributed by atoms with Gasteiger partial charge in [-0.25, -0.2) is 8.78 Å². The Morgan fingerprint density at radius 2 is 1.89 bits per heavy atom. The van der Waals surface area contributed by atoms with Crippen LogP contribution in [0, 0.1) is 11.6 Å². The Labute approximate surface area is 158 Å². The molecule has 1 aliphatic rings. The van der Waals surface area contributed by atoms with Crippen LogP contribution < -0.4 is 5.32 Å². The predicted octanol–water partition coefficient (Wildman–Crippen LogP) is 3.07. The highest BCUT2D eigenvalue weighted by Gasteiger charge is 2.25. The van der Waals surface area contributed by atoms with E-state index in [4.69, 9.17) is 0 Å². The van der Waals surface area contributed by atoms with Gasteiger partial charge in [0, 0.05) is 44.3 Å². The summed E-state index contributed by atoms with van der Waals surface area (Å²) in [6.07, 6.45) is 0.794. The molecule has 0 aromatic heterocycles. The number of piperazine rings is 1. The van der Waals surface area contributed by atoms with Crippen LogP contribution in [0.4, 0.5) is 8.78 Å². The van der Waals surface area contributed by atoms with Gasteiger partial charge in [-0.3, -0.25) is 9.69 Å². The van der Waals surface area contributed by atoms with Crippen molar-refractivity contribution in [3.05, 3.63) is 71.3 Å². The highest BCUT2D eigenvalue weighted by atomic mass is 19.2. The van der Waals surface area contributed by atoms with Gasteiger partial charge >= 0.3 is 0 Å². The Kier molecular flexibility index (Phi) is 6.53. The number of nitrogens with one attached hydrogen (secondary N) is 1. The fourth-order valence-corrected chi connectivity index (χ4v) is 3.44. The van der Waals surface area contributed by atoms with Crippen LogP contribution in [0.5, 0.6) is 0 Å². The van der Waals surface area contributed by atoms with Gasteiger partial charge in [0.05, 0.1) is 0 Å². The van der Waals surface area contributed by atoms with Gasteiger partial charge in [0.25, 0.3) is 5.91 Å². The van der Waals surface area contributed by atoms with Gasteiger partial charge in [-0.2, -0.15) is 0 Å². The molecule has 4 nitrogen and oxygen atoms in total. The van der Waals surface area contributed by atoms with Crippen LogP contribution in [0.1, 0.15) is 28.4 Å². The molecule has 1 heterocycles. The molecule has 1 unspecified atom stereocenters. The van der Waals surface area contributed by atoms with Gasteiger partial charge in [0.15, 0.2) is 11.6 Å². The second-order valence-electron chi connectivity index (χ2n) is 6.96. The van der Waals surface area contributed by atoms with E-state index in [0.29, 0.717) is 12.6 Å². The Morgan fingerprint density at radius 3 is 2.63 bits per heavy atom. The number of amides is 1. The highest BCUT2D eigenvalue weighted by Crippen LogP contribution is 2.24. The number of nitrogens with zero attached hydrogens (tertiary/aromatic N) is 2. The SMILES string of the molecule is CN1CCN(CCCNC(=O)c2ccc(F)c(F)c2)C(c2ccccc2)C1. The Morgan fingerprint density at radius 1 is 1.11 bits per heavy atom. The van der Waals surface area contributed by atoms with Gasteiger partial charge < -0.3 is 10.2 Å². The minimum atomic E-state index is -1.01. The largest absolute Gasteiger partial charge is 0.352 e. The van der Waals surface area contributed by atoms with E-state index in [0.717, 1.165) is 44.7 Å². The maximum Gasteiger partial charge on any atom is 0.251 e. The second kappa shape index (κ2) is 9.06. The molecule has 0 radical (unpaired) electrons. The fourth-order valence-electron chi connectivity index (χ4n) is 3.44. The summed E-state index contributed by atoms with van der Waals surface area (Å²) >= 11 is 0. The molecule has 6 heteroatoms. The molecule has 0 bridgehead atoms. The first kappa shape index (κ1) is 19.5. The first-order chi connectivity index (χ1) is 13.0. The molecule has 2 aromatic carbocycles. The molecular formula is C21H25F2N3O. The van der Waals surface area contributed by atoms with E-state index in [1.807, 2.05) is 6.07 Å². The summed E-state index contributed by atoms with van der Waals surface area (Å²) in [4.78, 5) is 16.8. The number of carbonyl (C=O) groups is 1. The maximum atomic E-state index is 13.2. The van der Waals surface area contributed by atoms with Crippen molar-refractivity contribution >= 4 is 5.91 Å². The minimum absolute atomic E-state index is 0.135. The van der Waals surface area contributed by atoms with Crippen LogP contribution in [-0.2, 0) is 0 Å². The number of likely N-dealkylation sites (N-methyl/N-ethyl adjacent to an activating group) is 1. The number of hydrogen-bond donors (Lipinski definition) is 1. The quantitative estimate of drug-likeness (QED) is 0.791. The van der Waals surface area contributed by atoms with Crippen LogP contribution in [0.15, 0.2) is 48.5 Å². The van der Waals surface area contributed by atoms with Crippen molar-refractivity contribution in [2.24, 2.45) is 0 Å². The zero-order valence-electron chi connectivity index (χ0n) is 15.5. The third-order valence-electron chi connectivity index (χ3n) is 4.97. The first-order valence-corrected chi connectivity index (χ1v) is 9.25. The van der Waals surface area contributed by atoms with E-state index in [-0.39, 0.29) is 11.5 Å². The van der Waals surface area contributed by atoms with Gasteiger partial charge in [-0.1, -0.05) is 30.3 Å². The minimum Gasteiger partial charge on any atom is -0.352 e. The van der Waals surface area contributed by atoms with Crippen LogP contribution in [0.25, 0.3) is 0 Å². The lowest BCUT2D eigenvalue weighted by Crippen LogP contribution is -2.47. The average Bonchev–Trinajstić information content (AvgIpc) is 2.68. The molecule has 0 saturated carbocycles. The molecule has 0 aliphatic carbocycles. The van der Waals surface area contributed by atoms with Crippen molar-refractivity contribution in [2.75, 3.05) is 39.8 Å². The summed E-state index contributed by atoms with van der Waals surface area (Å²) in [7, 11) is 2.13. The number of benzene rings is 2. The third-order valence-corrected chi connectivity index (χ3v) is 4.97. The van der Waals surface area contributed by atoms with Gasteiger partial charge in [-0.05, 0) is 37.2 Å². The van der Waals surface area contributed by atoms with E-state index in [9.17, 15) is 13.6 Å². The average molecular weight is 373 g/mol. The zero-order valence-corrected chi connectivity index (χ0v) is 15.5. The van der Waals surface area contributed by atoms with Crippen LogP contribution in [-0.4, -0.2) is 55.5 Å².